The van der Waals surface area contributed by atoms with Gasteiger partial charge in [0.2, 0.25) is 5.91 Å². The predicted octanol–water partition coefficient (Wildman–Crippen LogP) is 0.511. The summed E-state index contributed by atoms with van der Waals surface area (Å²) in [5.41, 5.74) is 0. The minimum Gasteiger partial charge on any atom is -0.353 e. The van der Waals surface area contributed by atoms with Crippen molar-refractivity contribution in [2.24, 2.45) is 5.92 Å². The van der Waals surface area contributed by atoms with Crippen LogP contribution in [-0.2, 0) is 4.79 Å². The molecule has 1 saturated heterocycles. The highest BCUT2D eigenvalue weighted by Crippen LogP contribution is 2.04. The zero-order valence-corrected chi connectivity index (χ0v) is 7.89. The number of carbonyl (C=O) groups is 1. The summed E-state index contributed by atoms with van der Waals surface area (Å²) in [7, 11) is 0. The van der Waals surface area contributed by atoms with E-state index in [1.807, 2.05) is 0 Å². The van der Waals surface area contributed by atoms with Gasteiger partial charge >= 0.3 is 0 Å². The summed E-state index contributed by atoms with van der Waals surface area (Å²) in [6, 6.07) is 0.336. The third-order valence-corrected chi connectivity index (χ3v) is 2.26. The van der Waals surface area contributed by atoms with E-state index in [1.165, 1.54) is 0 Å². The summed E-state index contributed by atoms with van der Waals surface area (Å²) in [6.07, 6.45) is 2.20. The molecule has 3 nitrogen and oxygen atoms in total. The van der Waals surface area contributed by atoms with Crippen LogP contribution in [0.15, 0.2) is 0 Å². The molecule has 0 aromatic carbocycles. The second-order valence-corrected chi connectivity index (χ2v) is 3.55. The fourth-order valence-corrected chi connectivity index (χ4v) is 1.34. The Kier molecular flexibility index (Phi) is 3.53. The van der Waals surface area contributed by atoms with Crippen LogP contribution in [-0.4, -0.2) is 25.0 Å². The molecule has 1 aliphatic heterocycles. The molecule has 0 aliphatic carbocycles. The number of hydrogen-bond acceptors (Lipinski definition) is 2. The van der Waals surface area contributed by atoms with Crippen LogP contribution in [0.5, 0.6) is 0 Å². The van der Waals surface area contributed by atoms with Gasteiger partial charge in [0.25, 0.3) is 0 Å². The van der Waals surface area contributed by atoms with E-state index in [0.717, 1.165) is 25.9 Å². The molecule has 1 unspecified atom stereocenters. The Morgan fingerprint density at radius 2 is 2.33 bits per heavy atom. The van der Waals surface area contributed by atoms with Crippen molar-refractivity contribution < 1.29 is 4.79 Å². The highest BCUT2D eigenvalue weighted by atomic mass is 16.2. The lowest BCUT2D eigenvalue weighted by atomic mass is 10.0. The Morgan fingerprint density at radius 1 is 1.67 bits per heavy atom. The van der Waals surface area contributed by atoms with Gasteiger partial charge < -0.3 is 10.6 Å². The molecule has 1 fully saturated rings. The first-order valence-electron chi connectivity index (χ1n) is 4.75. The molecule has 0 aromatic rings. The van der Waals surface area contributed by atoms with Crippen molar-refractivity contribution in [1.82, 2.24) is 10.6 Å². The fourth-order valence-electron chi connectivity index (χ4n) is 1.34. The van der Waals surface area contributed by atoms with Crippen molar-refractivity contribution in [2.45, 2.75) is 32.7 Å². The lowest BCUT2D eigenvalue weighted by molar-refractivity contribution is -0.127. The molecule has 1 heterocycles. The molecule has 1 atom stereocenters. The van der Waals surface area contributed by atoms with Crippen molar-refractivity contribution in [2.75, 3.05) is 13.1 Å². The molecule has 0 spiro atoms. The van der Waals surface area contributed by atoms with Gasteiger partial charge in [0.05, 0.1) is 5.92 Å². The summed E-state index contributed by atoms with van der Waals surface area (Å²) in [4.78, 5) is 11.4. The van der Waals surface area contributed by atoms with E-state index in [4.69, 9.17) is 0 Å². The Labute approximate surface area is 73.9 Å². The minimum absolute atomic E-state index is 0.217. The van der Waals surface area contributed by atoms with Gasteiger partial charge in [-0.2, -0.15) is 0 Å². The maximum Gasteiger partial charge on any atom is 0.225 e. The van der Waals surface area contributed by atoms with Crippen LogP contribution < -0.4 is 10.6 Å². The van der Waals surface area contributed by atoms with Crippen LogP contribution in [0.1, 0.15) is 26.7 Å². The van der Waals surface area contributed by atoms with E-state index in [2.05, 4.69) is 24.5 Å². The lowest BCUT2D eigenvalue weighted by Gasteiger charge is -2.27. The van der Waals surface area contributed by atoms with Crippen molar-refractivity contribution in [1.29, 1.82) is 0 Å². The number of amides is 1. The third-order valence-electron chi connectivity index (χ3n) is 2.26. The molecular weight excluding hydrogens is 152 g/mol. The van der Waals surface area contributed by atoms with Gasteiger partial charge in [-0.3, -0.25) is 4.79 Å². The molecular formula is C9H18N2O. The lowest BCUT2D eigenvalue weighted by Crippen LogP contribution is -2.52. The molecule has 0 saturated carbocycles. The van der Waals surface area contributed by atoms with Crippen LogP contribution in [0.25, 0.3) is 0 Å². The largest absolute Gasteiger partial charge is 0.353 e. The third kappa shape index (κ3) is 2.48. The average molecular weight is 170 g/mol. The monoisotopic (exact) mass is 170 g/mol. The zero-order valence-electron chi connectivity index (χ0n) is 7.89. The van der Waals surface area contributed by atoms with Crippen LogP contribution in [0.4, 0.5) is 0 Å². The SMILES string of the molecule is CCCC(C)NC(=O)C1CNC1. The molecule has 3 heteroatoms. The van der Waals surface area contributed by atoms with Crippen LogP contribution >= 0.6 is 0 Å². The van der Waals surface area contributed by atoms with Gasteiger partial charge in [-0.25, -0.2) is 0 Å². The first-order chi connectivity index (χ1) is 5.74. The Balaban J connectivity index is 2.15. The van der Waals surface area contributed by atoms with Crippen LogP contribution in [0, 0.1) is 5.92 Å². The molecule has 0 aromatic heterocycles. The first kappa shape index (κ1) is 9.52. The maximum atomic E-state index is 11.4. The van der Waals surface area contributed by atoms with Gasteiger partial charge in [-0.1, -0.05) is 13.3 Å². The molecule has 1 aliphatic rings. The van der Waals surface area contributed by atoms with E-state index >= 15 is 0 Å². The fraction of sp³-hybridized carbons (Fsp3) is 0.889. The molecule has 2 N–H and O–H groups in total. The Hall–Kier alpha value is -0.570. The van der Waals surface area contributed by atoms with Crippen LogP contribution in [0.2, 0.25) is 0 Å². The van der Waals surface area contributed by atoms with Crippen LogP contribution in [0.3, 0.4) is 0 Å². The topological polar surface area (TPSA) is 41.1 Å². The summed E-state index contributed by atoms with van der Waals surface area (Å²) < 4.78 is 0. The summed E-state index contributed by atoms with van der Waals surface area (Å²) in [6.45, 7) is 5.90. The normalized spacial score (nSPS) is 19.8. The average Bonchev–Trinajstić information content (AvgIpc) is 1.82. The predicted molar refractivity (Wildman–Crippen MR) is 48.9 cm³/mol. The highest BCUT2D eigenvalue weighted by molar-refractivity contribution is 5.80. The van der Waals surface area contributed by atoms with Gasteiger partial charge in [0.1, 0.15) is 0 Å². The van der Waals surface area contributed by atoms with E-state index in [-0.39, 0.29) is 11.8 Å². The highest BCUT2D eigenvalue weighted by Gasteiger charge is 2.25. The second kappa shape index (κ2) is 4.45. The number of rotatable bonds is 4. The maximum absolute atomic E-state index is 11.4. The van der Waals surface area contributed by atoms with E-state index in [1.54, 1.807) is 0 Å². The number of hydrogen-bond donors (Lipinski definition) is 2. The smallest absolute Gasteiger partial charge is 0.225 e. The first-order valence-corrected chi connectivity index (χ1v) is 4.75. The summed E-state index contributed by atoms with van der Waals surface area (Å²) in [5.74, 6) is 0.444. The van der Waals surface area contributed by atoms with Gasteiger partial charge in [-0.15, -0.1) is 0 Å². The molecule has 70 valence electrons. The van der Waals surface area contributed by atoms with E-state index in [0.29, 0.717) is 6.04 Å². The van der Waals surface area contributed by atoms with Crippen molar-refractivity contribution >= 4 is 5.91 Å². The summed E-state index contributed by atoms with van der Waals surface area (Å²) >= 11 is 0. The minimum atomic E-state index is 0.217. The molecule has 1 amide bonds. The second-order valence-electron chi connectivity index (χ2n) is 3.55. The number of nitrogens with one attached hydrogen (secondary N) is 2. The van der Waals surface area contributed by atoms with Crippen molar-refractivity contribution in [3.63, 3.8) is 0 Å². The Bertz CT molecular complexity index is 155. The quantitative estimate of drug-likeness (QED) is 0.645. The Morgan fingerprint density at radius 3 is 2.75 bits per heavy atom. The zero-order chi connectivity index (χ0) is 8.97. The molecule has 0 radical (unpaired) electrons. The van der Waals surface area contributed by atoms with Gasteiger partial charge in [0.15, 0.2) is 0 Å². The molecule has 0 bridgehead atoms. The summed E-state index contributed by atoms with van der Waals surface area (Å²) in [5, 5.41) is 6.09. The van der Waals surface area contributed by atoms with Gasteiger partial charge in [-0.05, 0) is 13.3 Å². The molecule has 1 rings (SSSR count). The van der Waals surface area contributed by atoms with Crippen molar-refractivity contribution in [3.8, 4) is 0 Å². The van der Waals surface area contributed by atoms with E-state index < -0.39 is 0 Å². The number of carbonyl (C=O) groups excluding carboxylic acids is 1. The van der Waals surface area contributed by atoms with Crippen molar-refractivity contribution in [3.05, 3.63) is 0 Å². The van der Waals surface area contributed by atoms with Gasteiger partial charge in [0, 0.05) is 19.1 Å². The standard InChI is InChI=1S/C9H18N2O/c1-3-4-7(2)11-9(12)8-5-10-6-8/h7-8,10H,3-6H2,1-2H3,(H,11,12). The molecule has 12 heavy (non-hydrogen) atoms. The van der Waals surface area contributed by atoms with E-state index in [9.17, 15) is 4.79 Å².